The second-order valence-electron chi connectivity index (χ2n) is 5.30. The van der Waals surface area contributed by atoms with E-state index < -0.39 is 0 Å². The van der Waals surface area contributed by atoms with Crippen molar-refractivity contribution in [2.75, 3.05) is 25.6 Å². The highest BCUT2D eigenvalue weighted by molar-refractivity contribution is 5.82. The van der Waals surface area contributed by atoms with Crippen molar-refractivity contribution in [3.8, 4) is 0 Å². The third kappa shape index (κ3) is 3.62. The second kappa shape index (κ2) is 7.15. The number of hydrogen-bond donors (Lipinski definition) is 1. The van der Waals surface area contributed by atoms with Crippen LogP contribution < -0.4 is 5.32 Å². The molecule has 0 amide bonds. The highest BCUT2D eigenvalue weighted by Gasteiger charge is 2.13. The van der Waals surface area contributed by atoms with Crippen LogP contribution in [-0.2, 0) is 11.3 Å². The van der Waals surface area contributed by atoms with E-state index >= 15 is 0 Å². The monoisotopic (exact) mass is 312 g/mol. The summed E-state index contributed by atoms with van der Waals surface area (Å²) in [6.45, 7) is 3.99. The Balaban J connectivity index is 1.86. The number of anilines is 1. The SMILES string of the molecule is COCCCNc1nc(C)nc2c1nnn2Cc1ccccc1. The average molecular weight is 312 g/mol. The molecule has 0 spiro atoms. The molecule has 0 radical (unpaired) electrons. The van der Waals surface area contributed by atoms with Crippen molar-refractivity contribution >= 4 is 17.0 Å². The number of rotatable bonds is 7. The predicted molar refractivity (Wildman–Crippen MR) is 88.4 cm³/mol. The number of benzene rings is 1. The van der Waals surface area contributed by atoms with E-state index in [1.165, 1.54) is 0 Å². The van der Waals surface area contributed by atoms with Gasteiger partial charge in [0, 0.05) is 20.3 Å². The third-order valence-electron chi connectivity index (χ3n) is 3.47. The van der Waals surface area contributed by atoms with E-state index in [4.69, 9.17) is 4.74 Å². The van der Waals surface area contributed by atoms with Crippen LogP contribution in [0.2, 0.25) is 0 Å². The largest absolute Gasteiger partial charge is 0.385 e. The molecule has 0 bridgehead atoms. The first-order chi connectivity index (χ1) is 11.3. The molecule has 1 N–H and O–H groups in total. The van der Waals surface area contributed by atoms with Crippen LogP contribution in [0.15, 0.2) is 30.3 Å². The van der Waals surface area contributed by atoms with Crippen LogP contribution in [0.4, 0.5) is 5.82 Å². The fourth-order valence-corrected chi connectivity index (χ4v) is 2.37. The summed E-state index contributed by atoms with van der Waals surface area (Å²) in [5, 5.41) is 11.8. The van der Waals surface area contributed by atoms with E-state index in [1.807, 2.05) is 25.1 Å². The maximum absolute atomic E-state index is 5.06. The average Bonchev–Trinajstić information content (AvgIpc) is 2.95. The van der Waals surface area contributed by atoms with Crippen molar-refractivity contribution in [1.82, 2.24) is 25.0 Å². The molecule has 7 heteroatoms. The summed E-state index contributed by atoms with van der Waals surface area (Å²) in [7, 11) is 1.70. The standard InChI is InChI=1S/C16H20N6O/c1-12-18-15(17-9-6-10-23-2)14-16(19-12)22(21-20-14)11-13-7-4-3-5-8-13/h3-5,7-8H,6,9-11H2,1-2H3,(H,17,18,19). The molecule has 1 aromatic carbocycles. The van der Waals surface area contributed by atoms with Crippen LogP contribution in [0.3, 0.4) is 0 Å². The van der Waals surface area contributed by atoms with Gasteiger partial charge in [0.05, 0.1) is 6.54 Å². The van der Waals surface area contributed by atoms with E-state index in [1.54, 1.807) is 11.8 Å². The maximum atomic E-state index is 5.06. The normalized spacial score (nSPS) is 11.0. The zero-order chi connectivity index (χ0) is 16.1. The Hall–Kier alpha value is -2.54. The number of nitrogens with zero attached hydrogens (tertiary/aromatic N) is 5. The molecule has 7 nitrogen and oxygen atoms in total. The lowest BCUT2D eigenvalue weighted by molar-refractivity contribution is 0.198. The molecule has 0 aliphatic heterocycles. The van der Waals surface area contributed by atoms with Gasteiger partial charge in [-0.25, -0.2) is 14.6 Å². The molecule has 3 rings (SSSR count). The van der Waals surface area contributed by atoms with Crippen molar-refractivity contribution in [2.45, 2.75) is 19.9 Å². The molecular weight excluding hydrogens is 292 g/mol. The Labute approximate surface area is 134 Å². The number of fused-ring (bicyclic) bond motifs is 1. The van der Waals surface area contributed by atoms with Crippen molar-refractivity contribution < 1.29 is 4.74 Å². The molecule has 0 aliphatic carbocycles. The van der Waals surface area contributed by atoms with Gasteiger partial charge < -0.3 is 10.1 Å². The van der Waals surface area contributed by atoms with Gasteiger partial charge in [0.15, 0.2) is 17.0 Å². The van der Waals surface area contributed by atoms with Crippen molar-refractivity contribution in [3.05, 3.63) is 41.7 Å². The first-order valence-electron chi connectivity index (χ1n) is 7.62. The summed E-state index contributed by atoms with van der Waals surface area (Å²) in [5.74, 6) is 1.42. The van der Waals surface area contributed by atoms with Gasteiger partial charge >= 0.3 is 0 Å². The fourth-order valence-electron chi connectivity index (χ4n) is 2.37. The molecule has 23 heavy (non-hydrogen) atoms. The summed E-state index contributed by atoms with van der Waals surface area (Å²) in [4.78, 5) is 8.94. The van der Waals surface area contributed by atoms with Gasteiger partial charge in [0.2, 0.25) is 0 Å². The second-order valence-corrected chi connectivity index (χ2v) is 5.30. The Morgan fingerprint density at radius 1 is 1.17 bits per heavy atom. The van der Waals surface area contributed by atoms with Crippen LogP contribution in [-0.4, -0.2) is 45.2 Å². The maximum Gasteiger partial charge on any atom is 0.184 e. The van der Waals surface area contributed by atoms with E-state index in [-0.39, 0.29) is 0 Å². The van der Waals surface area contributed by atoms with Crippen LogP contribution in [0, 0.1) is 6.92 Å². The molecule has 0 atom stereocenters. The molecule has 3 aromatic rings. The van der Waals surface area contributed by atoms with E-state index in [9.17, 15) is 0 Å². The third-order valence-corrected chi connectivity index (χ3v) is 3.47. The molecule has 2 heterocycles. The lowest BCUT2D eigenvalue weighted by Gasteiger charge is -2.07. The van der Waals surface area contributed by atoms with Crippen LogP contribution in [0.5, 0.6) is 0 Å². The molecule has 2 aromatic heterocycles. The fraction of sp³-hybridized carbons (Fsp3) is 0.375. The zero-order valence-corrected chi connectivity index (χ0v) is 13.4. The Bertz CT molecular complexity index is 771. The van der Waals surface area contributed by atoms with E-state index in [2.05, 4.69) is 37.7 Å². The molecule has 0 saturated heterocycles. The molecule has 0 unspecified atom stereocenters. The number of methoxy groups -OCH3 is 1. The van der Waals surface area contributed by atoms with Gasteiger partial charge in [-0.05, 0) is 18.9 Å². The van der Waals surface area contributed by atoms with Crippen LogP contribution in [0.1, 0.15) is 17.8 Å². The summed E-state index contributed by atoms with van der Waals surface area (Å²) >= 11 is 0. The van der Waals surface area contributed by atoms with Crippen molar-refractivity contribution in [2.24, 2.45) is 0 Å². The van der Waals surface area contributed by atoms with Gasteiger partial charge in [0.25, 0.3) is 0 Å². The highest BCUT2D eigenvalue weighted by Crippen LogP contribution is 2.18. The molecule has 120 valence electrons. The van der Waals surface area contributed by atoms with E-state index in [0.717, 1.165) is 30.0 Å². The Kier molecular flexibility index (Phi) is 4.77. The summed E-state index contributed by atoms with van der Waals surface area (Å²) in [6, 6.07) is 10.1. The highest BCUT2D eigenvalue weighted by atomic mass is 16.5. The van der Waals surface area contributed by atoms with Crippen molar-refractivity contribution in [3.63, 3.8) is 0 Å². The topological polar surface area (TPSA) is 77.8 Å². The van der Waals surface area contributed by atoms with Gasteiger partial charge in [-0.2, -0.15) is 0 Å². The Morgan fingerprint density at radius 2 is 2.00 bits per heavy atom. The van der Waals surface area contributed by atoms with Gasteiger partial charge in [-0.1, -0.05) is 35.5 Å². The quantitative estimate of drug-likeness (QED) is 0.673. The minimum absolute atomic E-state index is 0.636. The predicted octanol–water partition coefficient (Wildman–Crippen LogP) is 2.03. The van der Waals surface area contributed by atoms with Gasteiger partial charge in [0.1, 0.15) is 5.82 Å². The minimum Gasteiger partial charge on any atom is -0.385 e. The number of aromatic nitrogens is 5. The summed E-state index contributed by atoms with van der Waals surface area (Å²) in [6.07, 6.45) is 0.902. The minimum atomic E-state index is 0.636. The van der Waals surface area contributed by atoms with Crippen LogP contribution in [0.25, 0.3) is 11.2 Å². The zero-order valence-electron chi connectivity index (χ0n) is 13.4. The number of ether oxygens (including phenoxy) is 1. The first kappa shape index (κ1) is 15.4. The molecule has 0 aliphatic rings. The molecule has 0 fully saturated rings. The van der Waals surface area contributed by atoms with Gasteiger partial charge in [-0.15, -0.1) is 5.10 Å². The summed E-state index contributed by atoms with van der Waals surface area (Å²) in [5.41, 5.74) is 2.60. The molecular formula is C16H20N6O. The lowest BCUT2D eigenvalue weighted by atomic mass is 10.2. The molecule has 0 saturated carbocycles. The number of hydrogen-bond acceptors (Lipinski definition) is 6. The number of aryl methyl sites for hydroxylation is 1. The number of nitrogens with one attached hydrogen (secondary N) is 1. The van der Waals surface area contributed by atoms with Crippen molar-refractivity contribution in [1.29, 1.82) is 0 Å². The smallest absolute Gasteiger partial charge is 0.184 e. The Morgan fingerprint density at radius 3 is 2.78 bits per heavy atom. The summed E-state index contributed by atoms with van der Waals surface area (Å²) < 4.78 is 6.86. The van der Waals surface area contributed by atoms with Gasteiger partial charge in [-0.3, -0.25) is 0 Å². The van der Waals surface area contributed by atoms with E-state index in [0.29, 0.717) is 24.5 Å². The van der Waals surface area contributed by atoms with Crippen LogP contribution >= 0.6 is 0 Å². The first-order valence-corrected chi connectivity index (χ1v) is 7.62. The lowest BCUT2D eigenvalue weighted by Crippen LogP contribution is -2.08.